The van der Waals surface area contributed by atoms with E-state index in [4.69, 9.17) is 9.47 Å². The van der Waals surface area contributed by atoms with Crippen LogP contribution >= 0.6 is 0 Å². The zero-order chi connectivity index (χ0) is 17.2. The number of methoxy groups -OCH3 is 1. The average Bonchev–Trinajstić information content (AvgIpc) is 2.54. The van der Waals surface area contributed by atoms with E-state index in [2.05, 4.69) is 10.6 Å². The molecule has 5 nitrogen and oxygen atoms in total. The highest BCUT2D eigenvalue weighted by Gasteiger charge is 2.35. The number of rotatable bonds is 3. The maximum atomic E-state index is 12.4. The molecule has 0 radical (unpaired) electrons. The molecule has 3 rings (SSSR count). The molecule has 1 atom stereocenters. The van der Waals surface area contributed by atoms with E-state index in [1.54, 1.807) is 7.11 Å². The molecule has 1 saturated carbocycles. The Morgan fingerprint density at radius 3 is 2.67 bits per heavy atom. The first kappa shape index (κ1) is 16.9. The second-order valence-corrected chi connectivity index (χ2v) is 7.47. The van der Waals surface area contributed by atoms with Gasteiger partial charge in [-0.3, -0.25) is 0 Å². The Kier molecular flexibility index (Phi) is 4.88. The minimum atomic E-state index is -0.331. The van der Waals surface area contributed by atoms with Crippen molar-refractivity contribution in [1.29, 1.82) is 0 Å². The van der Waals surface area contributed by atoms with Crippen LogP contribution in [0.2, 0.25) is 0 Å². The molecule has 2 aliphatic rings. The summed E-state index contributed by atoms with van der Waals surface area (Å²) in [6, 6.07) is 5.96. The summed E-state index contributed by atoms with van der Waals surface area (Å²) >= 11 is 0. The highest BCUT2D eigenvalue weighted by atomic mass is 16.5. The van der Waals surface area contributed by atoms with E-state index in [-0.39, 0.29) is 17.7 Å². The molecular formula is C19H28N2O3. The summed E-state index contributed by atoms with van der Waals surface area (Å²) in [5, 5.41) is 6.28. The lowest BCUT2D eigenvalue weighted by Gasteiger charge is -2.38. The van der Waals surface area contributed by atoms with Crippen LogP contribution < -0.4 is 20.1 Å². The number of nitrogens with one attached hydrogen (secondary N) is 2. The van der Waals surface area contributed by atoms with E-state index in [0.717, 1.165) is 36.3 Å². The first-order valence-corrected chi connectivity index (χ1v) is 8.91. The first-order chi connectivity index (χ1) is 11.5. The van der Waals surface area contributed by atoms with E-state index in [0.29, 0.717) is 6.04 Å². The van der Waals surface area contributed by atoms with Crippen LogP contribution in [0.25, 0.3) is 0 Å². The zero-order valence-electron chi connectivity index (χ0n) is 14.9. The van der Waals surface area contributed by atoms with Gasteiger partial charge < -0.3 is 20.1 Å². The lowest BCUT2D eigenvalue weighted by atomic mass is 9.89. The van der Waals surface area contributed by atoms with E-state index in [1.165, 1.54) is 19.3 Å². The number of benzene rings is 1. The second-order valence-electron chi connectivity index (χ2n) is 7.47. The van der Waals surface area contributed by atoms with Gasteiger partial charge in [0.05, 0.1) is 13.2 Å². The van der Waals surface area contributed by atoms with Crippen molar-refractivity contribution in [2.45, 2.75) is 70.1 Å². The number of carbonyl (C=O) groups excluding carboxylic acids is 1. The van der Waals surface area contributed by atoms with Gasteiger partial charge in [-0.25, -0.2) is 4.79 Å². The number of amides is 2. The molecule has 132 valence electrons. The smallest absolute Gasteiger partial charge is 0.315 e. The Labute approximate surface area is 144 Å². The normalized spacial score (nSPS) is 22.9. The van der Waals surface area contributed by atoms with Crippen molar-refractivity contribution in [2.75, 3.05) is 7.11 Å². The van der Waals surface area contributed by atoms with Crippen LogP contribution in [0, 0.1) is 0 Å². The fourth-order valence-corrected chi connectivity index (χ4v) is 3.72. The van der Waals surface area contributed by atoms with Crippen LogP contribution in [0.15, 0.2) is 18.2 Å². The summed E-state index contributed by atoms with van der Waals surface area (Å²) < 4.78 is 11.4. The van der Waals surface area contributed by atoms with Crippen LogP contribution in [0.5, 0.6) is 11.5 Å². The third-order valence-electron chi connectivity index (χ3n) is 4.92. The molecule has 1 aromatic carbocycles. The average molecular weight is 332 g/mol. The number of ether oxygens (including phenoxy) is 2. The standard InChI is InChI=1S/C19H28N2O3/c1-19(2)12-16(15-10-9-14(23-3)11-17(15)24-19)21-18(22)20-13-7-5-4-6-8-13/h9-11,13,16H,4-8,12H2,1-3H3,(H2,20,21,22). The van der Waals surface area contributed by atoms with Crippen LogP contribution in [0.3, 0.4) is 0 Å². The van der Waals surface area contributed by atoms with Gasteiger partial charge in [-0.15, -0.1) is 0 Å². The molecule has 0 bridgehead atoms. The molecule has 1 fully saturated rings. The molecule has 1 aliphatic carbocycles. The number of urea groups is 1. The quantitative estimate of drug-likeness (QED) is 0.882. The summed E-state index contributed by atoms with van der Waals surface area (Å²) in [7, 11) is 1.64. The lowest BCUT2D eigenvalue weighted by Crippen LogP contribution is -2.47. The van der Waals surface area contributed by atoms with Crippen molar-refractivity contribution in [1.82, 2.24) is 10.6 Å². The number of carbonyl (C=O) groups is 1. The Morgan fingerprint density at radius 1 is 1.21 bits per heavy atom. The van der Waals surface area contributed by atoms with Crippen molar-refractivity contribution in [3.05, 3.63) is 23.8 Å². The molecule has 0 spiro atoms. The second kappa shape index (κ2) is 6.91. The van der Waals surface area contributed by atoms with Gasteiger partial charge in [-0.1, -0.05) is 19.3 Å². The Morgan fingerprint density at radius 2 is 1.96 bits per heavy atom. The highest BCUT2D eigenvalue weighted by molar-refractivity contribution is 5.75. The largest absolute Gasteiger partial charge is 0.497 e. The predicted octanol–water partition coefficient (Wildman–Crippen LogP) is 3.93. The van der Waals surface area contributed by atoms with Crippen LogP contribution in [-0.4, -0.2) is 24.8 Å². The van der Waals surface area contributed by atoms with Gasteiger partial charge in [-0.05, 0) is 38.8 Å². The Hall–Kier alpha value is -1.91. The van der Waals surface area contributed by atoms with E-state index >= 15 is 0 Å². The molecule has 1 heterocycles. The number of hydrogen-bond acceptors (Lipinski definition) is 3. The maximum absolute atomic E-state index is 12.4. The summed E-state index contributed by atoms with van der Waals surface area (Å²) in [5.74, 6) is 1.55. The van der Waals surface area contributed by atoms with Gasteiger partial charge in [0.1, 0.15) is 17.1 Å². The number of hydrogen-bond donors (Lipinski definition) is 2. The Balaban J connectivity index is 1.71. The first-order valence-electron chi connectivity index (χ1n) is 8.91. The minimum absolute atomic E-state index is 0.0572. The van der Waals surface area contributed by atoms with Crippen molar-refractivity contribution >= 4 is 6.03 Å². The van der Waals surface area contributed by atoms with Crippen molar-refractivity contribution in [3.8, 4) is 11.5 Å². The highest BCUT2D eigenvalue weighted by Crippen LogP contribution is 2.41. The van der Waals surface area contributed by atoms with Crippen molar-refractivity contribution in [3.63, 3.8) is 0 Å². The molecule has 2 N–H and O–H groups in total. The molecule has 1 aliphatic heterocycles. The van der Waals surface area contributed by atoms with E-state index in [1.807, 2.05) is 32.0 Å². The van der Waals surface area contributed by atoms with Crippen LogP contribution in [-0.2, 0) is 0 Å². The third-order valence-corrected chi connectivity index (χ3v) is 4.92. The molecular weight excluding hydrogens is 304 g/mol. The lowest BCUT2D eigenvalue weighted by molar-refractivity contribution is 0.0674. The monoisotopic (exact) mass is 332 g/mol. The maximum Gasteiger partial charge on any atom is 0.315 e. The molecule has 0 aromatic heterocycles. The summed E-state index contributed by atoms with van der Waals surface area (Å²) in [6.45, 7) is 4.09. The fourth-order valence-electron chi connectivity index (χ4n) is 3.72. The number of fused-ring (bicyclic) bond motifs is 1. The van der Waals surface area contributed by atoms with Gasteiger partial charge >= 0.3 is 6.03 Å². The molecule has 2 amide bonds. The van der Waals surface area contributed by atoms with Gasteiger partial charge in [0.25, 0.3) is 0 Å². The molecule has 0 saturated heterocycles. The van der Waals surface area contributed by atoms with Crippen LogP contribution in [0.1, 0.15) is 64.0 Å². The van der Waals surface area contributed by atoms with E-state index in [9.17, 15) is 4.79 Å². The minimum Gasteiger partial charge on any atom is -0.497 e. The summed E-state index contributed by atoms with van der Waals surface area (Å²) in [5.41, 5.74) is 0.677. The summed E-state index contributed by atoms with van der Waals surface area (Å²) in [4.78, 5) is 12.4. The van der Waals surface area contributed by atoms with Crippen molar-refractivity contribution < 1.29 is 14.3 Å². The molecule has 1 aromatic rings. The fraction of sp³-hybridized carbons (Fsp3) is 0.632. The zero-order valence-corrected chi connectivity index (χ0v) is 14.9. The predicted molar refractivity (Wildman–Crippen MR) is 93.6 cm³/mol. The molecule has 24 heavy (non-hydrogen) atoms. The molecule has 5 heteroatoms. The van der Waals surface area contributed by atoms with Gasteiger partial charge in [0.2, 0.25) is 0 Å². The topological polar surface area (TPSA) is 59.6 Å². The Bertz CT molecular complexity index is 594. The van der Waals surface area contributed by atoms with Gasteiger partial charge in [0.15, 0.2) is 0 Å². The van der Waals surface area contributed by atoms with Crippen molar-refractivity contribution in [2.24, 2.45) is 0 Å². The molecule has 1 unspecified atom stereocenters. The third kappa shape index (κ3) is 3.94. The van der Waals surface area contributed by atoms with Gasteiger partial charge in [-0.2, -0.15) is 0 Å². The summed E-state index contributed by atoms with van der Waals surface area (Å²) in [6.07, 6.45) is 6.60. The van der Waals surface area contributed by atoms with Gasteiger partial charge in [0, 0.05) is 24.1 Å². The SMILES string of the molecule is COc1ccc2c(c1)OC(C)(C)CC2NC(=O)NC1CCCCC1. The van der Waals surface area contributed by atoms with E-state index < -0.39 is 0 Å². The van der Waals surface area contributed by atoms with Crippen LogP contribution in [0.4, 0.5) is 4.79 Å².